The van der Waals surface area contributed by atoms with Gasteiger partial charge in [-0.05, 0) is 86.0 Å². The minimum Gasteiger partial charge on any atom is -0.511 e. The Bertz CT molecular complexity index is 1850. The average molecular weight is 635 g/mol. The predicted octanol–water partition coefficient (Wildman–Crippen LogP) is 7.57. The summed E-state index contributed by atoms with van der Waals surface area (Å²) in [7, 11) is 1.41. The minimum absolute atomic E-state index is 0.0217. The highest BCUT2D eigenvalue weighted by atomic mass is 16.5. The van der Waals surface area contributed by atoms with Crippen molar-refractivity contribution in [1.29, 1.82) is 0 Å². The molecule has 0 saturated carbocycles. The van der Waals surface area contributed by atoms with Crippen LogP contribution >= 0.6 is 0 Å². The van der Waals surface area contributed by atoms with Crippen LogP contribution in [0.2, 0.25) is 0 Å². The average Bonchev–Trinajstić information content (AvgIpc) is 3.78. The number of aliphatic hydroxyl groups excluding tert-OH is 2. The molecule has 8 bridgehead atoms. The molecular formula is C39H46N4O4. The second kappa shape index (κ2) is 12.1. The third-order valence-corrected chi connectivity index (χ3v) is 10.7. The maximum absolute atomic E-state index is 12.3. The van der Waals surface area contributed by atoms with Crippen molar-refractivity contribution in [2.45, 2.75) is 86.7 Å². The molecule has 47 heavy (non-hydrogen) atoms. The highest BCUT2D eigenvalue weighted by Gasteiger charge is 2.42. The van der Waals surface area contributed by atoms with E-state index < -0.39 is 11.5 Å². The third-order valence-electron chi connectivity index (χ3n) is 10.7. The van der Waals surface area contributed by atoms with Crippen LogP contribution in [0, 0.1) is 17.3 Å². The van der Waals surface area contributed by atoms with Crippen LogP contribution in [0.25, 0.3) is 0 Å². The normalized spacial score (nSPS) is 24.4. The second-order valence-corrected chi connectivity index (χ2v) is 14.0. The third kappa shape index (κ3) is 5.36. The summed E-state index contributed by atoms with van der Waals surface area (Å²) in [6.07, 6.45) is 9.83. The molecule has 0 amide bonds. The van der Waals surface area contributed by atoms with Gasteiger partial charge >= 0.3 is 5.97 Å². The van der Waals surface area contributed by atoms with Gasteiger partial charge in [-0.2, -0.15) is 0 Å². The van der Waals surface area contributed by atoms with Gasteiger partial charge in [0, 0.05) is 52.8 Å². The number of aliphatic imine (C=N–C) groups is 3. The van der Waals surface area contributed by atoms with Crippen molar-refractivity contribution in [3.8, 4) is 0 Å². The zero-order chi connectivity index (χ0) is 33.9. The van der Waals surface area contributed by atoms with E-state index in [-0.39, 0.29) is 24.2 Å². The topological polar surface area (TPSA) is 116 Å². The number of fused-ring (bicyclic) bond motifs is 5. The zero-order valence-corrected chi connectivity index (χ0v) is 28.8. The maximum Gasteiger partial charge on any atom is 0.305 e. The maximum atomic E-state index is 12.3. The van der Waals surface area contributed by atoms with Gasteiger partial charge in [0.1, 0.15) is 5.76 Å². The minimum atomic E-state index is -0.787. The van der Waals surface area contributed by atoms with Crippen molar-refractivity contribution in [3.05, 3.63) is 104 Å². The number of nitrogens with one attached hydrogen (secondary N) is 1. The van der Waals surface area contributed by atoms with Crippen LogP contribution < -0.4 is 5.32 Å². The lowest BCUT2D eigenvalue weighted by molar-refractivity contribution is -0.140. The van der Waals surface area contributed by atoms with Gasteiger partial charge in [0.25, 0.3) is 0 Å². The smallest absolute Gasteiger partial charge is 0.305 e. The molecule has 8 heteroatoms. The Morgan fingerprint density at radius 3 is 2.49 bits per heavy atom. The van der Waals surface area contributed by atoms with Crippen LogP contribution in [0.4, 0.5) is 0 Å². The molecule has 3 N–H and O–H groups in total. The first-order valence-electron chi connectivity index (χ1n) is 16.6. The van der Waals surface area contributed by atoms with Gasteiger partial charge < -0.3 is 20.3 Å². The monoisotopic (exact) mass is 634 g/mol. The first kappa shape index (κ1) is 32.6. The van der Waals surface area contributed by atoms with E-state index in [1.165, 1.54) is 7.11 Å². The molecule has 5 heterocycles. The van der Waals surface area contributed by atoms with Gasteiger partial charge in [-0.1, -0.05) is 33.8 Å². The Hall–Kier alpha value is -4.30. The van der Waals surface area contributed by atoms with Gasteiger partial charge in [0.2, 0.25) is 0 Å². The van der Waals surface area contributed by atoms with E-state index in [1.54, 1.807) is 0 Å². The molecule has 1 aliphatic carbocycles. The van der Waals surface area contributed by atoms with Crippen LogP contribution in [0.1, 0.15) is 80.6 Å². The fourth-order valence-corrected chi connectivity index (χ4v) is 7.72. The van der Waals surface area contributed by atoms with E-state index >= 15 is 0 Å². The molecule has 0 spiro atoms. The van der Waals surface area contributed by atoms with Crippen LogP contribution in [0.3, 0.4) is 0 Å². The van der Waals surface area contributed by atoms with Crippen LogP contribution in [0.5, 0.6) is 0 Å². The first-order valence-corrected chi connectivity index (χ1v) is 16.6. The summed E-state index contributed by atoms with van der Waals surface area (Å²) >= 11 is 0. The van der Waals surface area contributed by atoms with Crippen molar-refractivity contribution in [2.24, 2.45) is 32.2 Å². The Kier molecular flexibility index (Phi) is 8.37. The van der Waals surface area contributed by atoms with Gasteiger partial charge in [-0.25, -0.2) is 15.0 Å². The summed E-state index contributed by atoms with van der Waals surface area (Å²) in [5, 5.41) is 26.9. The number of esters is 1. The molecule has 1 unspecified atom stereocenters. The number of aliphatic hydroxyl groups is 2. The van der Waals surface area contributed by atoms with E-state index in [1.807, 2.05) is 45.9 Å². The quantitative estimate of drug-likeness (QED) is 0.188. The van der Waals surface area contributed by atoms with Crippen LogP contribution in [-0.2, 0) is 9.53 Å². The Morgan fingerprint density at radius 2 is 1.81 bits per heavy atom. The molecule has 1 fully saturated rings. The number of nitrogens with zero attached hydrogens (tertiary/aromatic N) is 3. The fourth-order valence-electron chi connectivity index (χ4n) is 7.72. The zero-order valence-electron chi connectivity index (χ0n) is 28.8. The largest absolute Gasteiger partial charge is 0.511 e. The summed E-state index contributed by atoms with van der Waals surface area (Å²) in [6, 6.07) is 0. The van der Waals surface area contributed by atoms with Crippen molar-refractivity contribution in [2.75, 3.05) is 7.11 Å². The molecule has 246 valence electrons. The number of allylic oxidation sites excluding steroid dienone is 12. The summed E-state index contributed by atoms with van der Waals surface area (Å²) < 4.78 is 5.00. The molecule has 5 aliphatic heterocycles. The van der Waals surface area contributed by atoms with E-state index in [9.17, 15) is 15.0 Å². The predicted molar refractivity (Wildman–Crippen MR) is 188 cm³/mol. The van der Waals surface area contributed by atoms with E-state index in [4.69, 9.17) is 19.7 Å². The SMILES string of the molecule is C=CCC(C)(C)C(O)C1=C(C)C2=NC1=CC1=NC(=CC3=C(C)C4=C(O)CC(=C5NC(=C2)[C@@H](C)[C@@H]5CCC(=O)OC)C4=N3)C(CC)=C1C. The number of hydrogen-bond donors (Lipinski definition) is 3. The van der Waals surface area contributed by atoms with E-state index in [0.29, 0.717) is 30.7 Å². The highest BCUT2D eigenvalue weighted by Crippen LogP contribution is 2.47. The van der Waals surface area contributed by atoms with Gasteiger partial charge in [-0.3, -0.25) is 4.79 Å². The molecule has 6 rings (SSSR count). The van der Waals surface area contributed by atoms with Gasteiger partial charge in [-0.15, -0.1) is 6.58 Å². The lowest BCUT2D eigenvalue weighted by Crippen LogP contribution is -2.31. The Labute approximate surface area is 277 Å². The van der Waals surface area contributed by atoms with Crippen molar-refractivity contribution >= 4 is 23.1 Å². The Balaban J connectivity index is 1.60. The molecular weight excluding hydrogens is 588 g/mol. The van der Waals surface area contributed by atoms with Gasteiger partial charge in [0.15, 0.2) is 0 Å². The van der Waals surface area contributed by atoms with E-state index in [2.05, 4.69) is 38.7 Å². The fraction of sp³-hybridized carbons (Fsp3) is 0.436. The van der Waals surface area contributed by atoms with Crippen LogP contribution in [0.15, 0.2) is 119 Å². The summed E-state index contributed by atoms with van der Waals surface area (Å²) in [4.78, 5) is 27.7. The number of methoxy groups -OCH3 is 1. The number of hydrogen-bond acceptors (Lipinski definition) is 8. The molecule has 3 atom stereocenters. The van der Waals surface area contributed by atoms with Crippen molar-refractivity contribution in [3.63, 3.8) is 0 Å². The van der Waals surface area contributed by atoms with E-state index in [0.717, 1.165) is 85.4 Å². The number of carbonyl (C=O) groups is 1. The summed E-state index contributed by atoms with van der Waals surface area (Å²) in [5.41, 5.74) is 12.7. The number of ether oxygens (including phenoxy) is 1. The number of carbonyl (C=O) groups excluding carboxylic acids is 1. The molecule has 8 nitrogen and oxygen atoms in total. The second-order valence-electron chi connectivity index (χ2n) is 14.0. The molecule has 1 saturated heterocycles. The van der Waals surface area contributed by atoms with Crippen LogP contribution in [-0.4, -0.2) is 46.5 Å². The Morgan fingerprint density at radius 1 is 1.11 bits per heavy atom. The van der Waals surface area contributed by atoms with Crippen molar-refractivity contribution in [1.82, 2.24) is 5.32 Å². The lowest BCUT2D eigenvalue weighted by Gasteiger charge is -2.31. The van der Waals surface area contributed by atoms with Gasteiger partial charge in [0.05, 0.1) is 47.4 Å². The first-order chi connectivity index (χ1) is 22.3. The molecule has 0 aromatic heterocycles. The standard InChI is InChI=1S/C39H46N4O4/c1-10-14-39(7,8)38(46)34-21(5)28-16-27-20(4)24(12-13-33(45)47-9)36(42-27)25-15-32(44)35-22(6)29(43-37(25)35)17-30-23(11-2)19(3)26(40-30)18-31(34)41-28/h10,16-18,20,24,38,42,44,46H,1,11-15H2,2-9H3/t20-,24-,38?/m0/s1. The molecule has 6 aliphatic rings. The van der Waals surface area contributed by atoms with Crippen molar-refractivity contribution < 1.29 is 19.7 Å². The molecule has 0 aromatic rings. The number of rotatable bonds is 8. The summed E-state index contributed by atoms with van der Waals surface area (Å²) in [5.74, 6) is 0.0481. The molecule has 0 aromatic carbocycles. The molecule has 0 radical (unpaired) electrons. The highest BCUT2D eigenvalue weighted by molar-refractivity contribution is 6.21. The summed E-state index contributed by atoms with van der Waals surface area (Å²) in [6.45, 7) is 18.4. The lowest BCUT2D eigenvalue weighted by atomic mass is 9.77.